The Bertz CT molecular complexity index is 837. The van der Waals surface area contributed by atoms with Gasteiger partial charge >= 0.3 is 0 Å². The van der Waals surface area contributed by atoms with Crippen molar-refractivity contribution in [3.63, 3.8) is 0 Å². The summed E-state index contributed by atoms with van der Waals surface area (Å²) in [5.41, 5.74) is 2.79. The van der Waals surface area contributed by atoms with E-state index in [1.807, 2.05) is 30.3 Å². The summed E-state index contributed by atoms with van der Waals surface area (Å²) in [6.07, 6.45) is 2.31. The van der Waals surface area contributed by atoms with Crippen LogP contribution < -0.4 is 5.32 Å². The predicted molar refractivity (Wildman–Crippen MR) is 90.8 cm³/mol. The maximum Gasteiger partial charge on any atom is 0.261 e. The van der Waals surface area contributed by atoms with E-state index in [4.69, 9.17) is 4.74 Å². The summed E-state index contributed by atoms with van der Waals surface area (Å²) < 4.78 is 14.1. The standard InChI is InChI=1S/C16H15N3O2S2/c20-16(15-6-5-14(22-15)13-2-1-7-21-13)17-9-10-3-4-11-12(8-10)19-23-18-11/h3-6,8,13H,1-2,7,9H2,(H,17,20)/t13-/m0/s1. The first-order valence-electron chi connectivity index (χ1n) is 7.50. The van der Waals surface area contributed by atoms with Crippen LogP contribution in [0.5, 0.6) is 0 Å². The Morgan fingerprint density at radius 2 is 2.17 bits per heavy atom. The van der Waals surface area contributed by atoms with Gasteiger partial charge in [-0.2, -0.15) is 8.75 Å². The van der Waals surface area contributed by atoms with Crippen LogP contribution in [0.3, 0.4) is 0 Å². The third kappa shape index (κ3) is 3.12. The molecule has 1 fully saturated rings. The lowest BCUT2D eigenvalue weighted by atomic mass is 10.2. The van der Waals surface area contributed by atoms with Crippen LogP contribution in [-0.4, -0.2) is 21.3 Å². The van der Waals surface area contributed by atoms with Crippen molar-refractivity contribution < 1.29 is 9.53 Å². The Labute approximate surface area is 141 Å². The number of carbonyl (C=O) groups is 1. The SMILES string of the molecule is O=C(NCc1ccc2nsnc2c1)c1ccc([C@@H]2CCCO2)s1. The van der Waals surface area contributed by atoms with Crippen molar-refractivity contribution in [2.45, 2.75) is 25.5 Å². The van der Waals surface area contributed by atoms with Gasteiger partial charge in [-0.3, -0.25) is 4.79 Å². The fraction of sp³-hybridized carbons (Fsp3) is 0.312. The third-order valence-electron chi connectivity index (χ3n) is 3.87. The smallest absolute Gasteiger partial charge is 0.261 e. The lowest BCUT2D eigenvalue weighted by Gasteiger charge is -2.05. The van der Waals surface area contributed by atoms with Gasteiger partial charge in [-0.05, 0) is 42.7 Å². The summed E-state index contributed by atoms with van der Waals surface area (Å²) in [4.78, 5) is 14.2. The number of amides is 1. The Hall–Kier alpha value is -1.83. The van der Waals surface area contributed by atoms with E-state index in [1.54, 1.807) is 0 Å². The number of fused-ring (bicyclic) bond motifs is 1. The van der Waals surface area contributed by atoms with Crippen LogP contribution >= 0.6 is 23.1 Å². The zero-order chi connectivity index (χ0) is 15.6. The fourth-order valence-electron chi connectivity index (χ4n) is 2.66. The van der Waals surface area contributed by atoms with Gasteiger partial charge in [-0.25, -0.2) is 0 Å². The van der Waals surface area contributed by atoms with Crippen molar-refractivity contribution in [2.24, 2.45) is 0 Å². The molecule has 0 aliphatic carbocycles. The minimum absolute atomic E-state index is 0.0456. The quantitative estimate of drug-likeness (QED) is 0.785. The van der Waals surface area contributed by atoms with Gasteiger partial charge in [-0.15, -0.1) is 11.3 Å². The normalized spacial score (nSPS) is 17.7. The van der Waals surface area contributed by atoms with E-state index < -0.39 is 0 Å². The van der Waals surface area contributed by atoms with E-state index in [0.717, 1.165) is 45.8 Å². The topological polar surface area (TPSA) is 64.1 Å². The summed E-state index contributed by atoms with van der Waals surface area (Å²) in [6, 6.07) is 9.75. The van der Waals surface area contributed by atoms with Gasteiger partial charge in [-0.1, -0.05) is 6.07 Å². The Morgan fingerprint density at radius 3 is 3.04 bits per heavy atom. The van der Waals surface area contributed by atoms with Crippen LogP contribution in [0.1, 0.15) is 39.1 Å². The molecule has 0 unspecified atom stereocenters. The highest BCUT2D eigenvalue weighted by atomic mass is 32.1. The van der Waals surface area contributed by atoms with E-state index in [-0.39, 0.29) is 12.0 Å². The third-order valence-corrected chi connectivity index (χ3v) is 5.60. The first-order valence-corrected chi connectivity index (χ1v) is 9.05. The Morgan fingerprint density at radius 1 is 1.26 bits per heavy atom. The van der Waals surface area contributed by atoms with Crippen molar-refractivity contribution in [3.8, 4) is 0 Å². The summed E-state index contributed by atoms with van der Waals surface area (Å²) in [6.45, 7) is 1.30. The number of ether oxygens (including phenoxy) is 1. The van der Waals surface area contributed by atoms with Crippen molar-refractivity contribution in [2.75, 3.05) is 6.61 Å². The molecular formula is C16H15N3O2S2. The molecule has 1 aliphatic rings. The molecule has 1 N–H and O–H groups in total. The molecule has 3 aromatic rings. The van der Waals surface area contributed by atoms with Crippen molar-refractivity contribution in [1.82, 2.24) is 14.1 Å². The molecule has 118 valence electrons. The summed E-state index contributed by atoms with van der Waals surface area (Å²) in [5, 5.41) is 2.96. The average Bonchev–Trinajstić information content (AvgIpc) is 3.32. The van der Waals surface area contributed by atoms with Gasteiger partial charge in [0.2, 0.25) is 0 Å². The minimum atomic E-state index is -0.0456. The summed E-state index contributed by atoms with van der Waals surface area (Å²) in [7, 11) is 0. The van der Waals surface area contributed by atoms with Gasteiger partial charge in [0, 0.05) is 18.0 Å². The number of benzene rings is 1. The molecule has 4 rings (SSSR count). The van der Waals surface area contributed by atoms with Crippen LogP contribution in [0.2, 0.25) is 0 Å². The molecule has 0 radical (unpaired) electrons. The second-order valence-corrected chi connectivity index (χ2v) is 7.12. The molecule has 1 amide bonds. The molecule has 23 heavy (non-hydrogen) atoms. The molecule has 1 aromatic carbocycles. The van der Waals surface area contributed by atoms with Crippen LogP contribution in [-0.2, 0) is 11.3 Å². The number of hydrogen-bond acceptors (Lipinski definition) is 6. The zero-order valence-electron chi connectivity index (χ0n) is 12.3. The monoisotopic (exact) mass is 345 g/mol. The molecule has 1 aliphatic heterocycles. The number of nitrogens with zero attached hydrogens (tertiary/aromatic N) is 2. The molecule has 5 nitrogen and oxygen atoms in total. The molecule has 0 saturated carbocycles. The van der Waals surface area contributed by atoms with Crippen LogP contribution in [0.15, 0.2) is 30.3 Å². The molecule has 2 aromatic heterocycles. The predicted octanol–water partition coefficient (Wildman–Crippen LogP) is 3.53. The lowest BCUT2D eigenvalue weighted by molar-refractivity contribution is 0.0955. The van der Waals surface area contributed by atoms with Crippen molar-refractivity contribution >= 4 is 40.0 Å². The first-order chi connectivity index (χ1) is 11.3. The number of carbonyl (C=O) groups excluding carboxylic acids is 1. The van der Waals surface area contributed by atoms with Gasteiger partial charge < -0.3 is 10.1 Å². The molecule has 1 atom stereocenters. The highest BCUT2D eigenvalue weighted by Gasteiger charge is 2.20. The van der Waals surface area contributed by atoms with Gasteiger partial charge in [0.1, 0.15) is 11.0 Å². The van der Waals surface area contributed by atoms with Crippen LogP contribution in [0.4, 0.5) is 0 Å². The Kier molecular flexibility index (Phi) is 4.07. The van der Waals surface area contributed by atoms with Crippen LogP contribution in [0, 0.1) is 0 Å². The molecule has 1 saturated heterocycles. The number of aromatic nitrogens is 2. The second kappa shape index (κ2) is 6.35. The van der Waals surface area contributed by atoms with E-state index in [2.05, 4.69) is 14.1 Å². The lowest BCUT2D eigenvalue weighted by Crippen LogP contribution is -2.21. The largest absolute Gasteiger partial charge is 0.373 e. The molecular weight excluding hydrogens is 330 g/mol. The summed E-state index contributed by atoms with van der Waals surface area (Å²) >= 11 is 2.72. The zero-order valence-corrected chi connectivity index (χ0v) is 14.0. The highest BCUT2D eigenvalue weighted by molar-refractivity contribution is 7.14. The van der Waals surface area contributed by atoms with E-state index in [1.165, 1.54) is 23.1 Å². The maximum atomic E-state index is 12.3. The molecule has 3 heterocycles. The highest BCUT2D eigenvalue weighted by Crippen LogP contribution is 2.33. The molecule has 0 bridgehead atoms. The van der Waals surface area contributed by atoms with Gasteiger partial charge in [0.15, 0.2) is 0 Å². The first kappa shape index (κ1) is 14.7. The van der Waals surface area contributed by atoms with E-state index in [9.17, 15) is 4.79 Å². The second-order valence-electron chi connectivity index (χ2n) is 5.47. The Balaban J connectivity index is 1.41. The number of nitrogens with one attached hydrogen (secondary N) is 1. The molecule has 7 heteroatoms. The summed E-state index contributed by atoms with van der Waals surface area (Å²) in [5.74, 6) is -0.0456. The minimum Gasteiger partial charge on any atom is -0.373 e. The molecule has 0 spiro atoms. The van der Waals surface area contributed by atoms with E-state index in [0.29, 0.717) is 6.54 Å². The van der Waals surface area contributed by atoms with Gasteiger partial charge in [0.25, 0.3) is 5.91 Å². The number of hydrogen-bond donors (Lipinski definition) is 1. The van der Waals surface area contributed by atoms with Crippen molar-refractivity contribution in [1.29, 1.82) is 0 Å². The number of thiophene rings is 1. The van der Waals surface area contributed by atoms with Crippen molar-refractivity contribution in [3.05, 3.63) is 45.6 Å². The number of rotatable bonds is 4. The van der Waals surface area contributed by atoms with Gasteiger partial charge in [0.05, 0.1) is 22.7 Å². The fourth-order valence-corrected chi connectivity index (χ4v) is 4.18. The van der Waals surface area contributed by atoms with E-state index >= 15 is 0 Å². The maximum absolute atomic E-state index is 12.3. The average molecular weight is 345 g/mol. The van der Waals surface area contributed by atoms with Crippen LogP contribution in [0.25, 0.3) is 11.0 Å².